The first-order chi connectivity index (χ1) is 22.1. The number of morpholine rings is 1. The fourth-order valence-corrected chi connectivity index (χ4v) is 6.45. The van der Waals surface area contributed by atoms with E-state index in [-0.39, 0.29) is 18.0 Å². The van der Waals surface area contributed by atoms with Crippen molar-refractivity contribution in [3.05, 3.63) is 88.8 Å². The zero-order valence-electron chi connectivity index (χ0n) is 26.1. The summed E-state index contributed by atoms with van der Waals surface area (Å²) in [6.45, 7) is 11.1. The molecule has 2 aliphatic rings. The van der Waals surface area contributed by atoms with Crippen LogP contribution in [-0.2, 0) is 37.3 Å². The van der Waals surface area contributed by atoms with Crippen molar-refractivity contribution in [3.63, 3.8) is 0 Å². The maximum absolute atomic E-state index is 14.5. The van der Waals surface area contributed by atoms with E-state index in [4.69, 9.17) is 4.74 Å². The largest absolute Gasteiger partial charge is 0.435 e. The second kappa shape index (κ2) is 12.6. The molecule has 12 heteroatoms. The van der Waals surface area contributed by atoms with Crippen LogP contribution in [0.5, 0.6) is 0 Å². The summed E-state index contributed by atoms with van der Waals surface area (Å²) in [6.07, 6.45) is 4.78. The summed E-state index contributed by atoms with van der Waals surface area (Å²) in [4.78, 5) is 27.0. The Morgan fingerprint density at radius 2 is 1.85 bits per heavy atom. The number of fused-ring (bicyclic) bond motifs is 1. The van der Waals surface area contributed by atoms with Crippen LogP contribution in [0.15, 0.2) is 60.3 Å². The van der Waals surface area contributed by atoms with Gasteiger partial charge in [0.2, 0.25) is 0 Å². The lowest BCUT2D eigenvalue weighted by Crippen LogP contribution is -2.37. The van der Waals surface area contributed by atoms with Crippen LogP contribution in [-0.4, -0.2) is 69.7 Å². The standard InChI is InChI=1S/C34H36F3N7O2/c1-5-22-15-27(31(38-3)30(18-22)43-11-13-46-14-12-43)29(6-2)44-9-7-24-25(28-20-41(4)40-32(28)34(35,36)37)16-23(17-26(24)33(44)45)19-42-10-8-39-21-42/h6,8,10,15-18,20-21H,3,5,7,9,11-14,19H2,1-2,4H3/b29-6+. The molecule has 2 aromatic carbocycles. The minimum atomic E-state index is -4.66. The molecule has 2 aliphatic heterocycles. The minimum absolute atomic E-state index is 0.0461. The van der Waals surface area contributed by atoms with Crippen LogP contribution in [0.4, 0.5) is 24.5 Å². The number of benzene rings is 2. The van der Waals surface area contributed by atoms with Crippen molar-refractivity contribution in [2.24, 2.45) is 12.0 Å². The Kier molecular flexibility index (Phi) is 8.56. The number of hydrogen-bond acceptors (Lipinski definition) is 6. The first-order valence-corrected chi connectivity index (χ1v) is 15.3. The molecule has 9 nitrogen and oxygen atoms in total. The highest BCUT2D eigenvalue weighted by Crippen LogP contribution is 2.43. The Bertz CT molecular complexity index is 1800. The number of carbonyl (C=O) groups is 1. The molecule has 0 N–H and O–H groups in total. The lowest BCUT2D eigenvalue weighted by molar-refractivity contribution is -0.140. The molecule has 0 unspecified atom stereocenters. The van der Waals surface area contributed by atoms with Gasteiger partial charge in [-0.25, -0.2) is 4.98 Å². The molecule has 46 heavy (non-hydrogen) atoms. The van der Waals surface area contributed by atoms with Gasteiger partial charge >= 0.3 is 6.18 Å². The second-order valence-electron chi connectivity index (χ2n) is 11.5. The number of rotatable bonds is 8. The van der Waals surface area contributed by atoms with Gasteiger partial charge in [-0.3, -0.25) is 14.5 Å². The molecule has 0 aliphatic carbocycles. The number of nitrogens with zero attached hydrogens (tertiary/aromatic N) is 7. The molecule has 1 fully saturated rings. The highest BCUT2D eigenvalue weighted by molar-refractivity contribution is 6.04. The van der Waals surface area contributed by atoms with Gasteiger partial charge in [-0.15, -0.1) is 0 Å². The molecule has 4 heterocycles. The van der Waals surface area contributed by atoms with Crippen LogP contribution >= 0.6 is 0 Å². The number of aliphatic imine (C=N–C) groups is 1. The third-order valence-electron chi connectivity index (χ3n) is 8.59. The average molecular weight is 632 g/mol. The van der Waals surface area contributed by atoms with Crippen LogP contribution < -0.4 is 4.90 Å². The molecule has 0 radical (unpaired) electrons. The topological polar surface area (TPSA) is 80.8 Å². The van der Waals surface area contributed by atoms with E-state index in [1.165, 1.54) is 17.9 Å². The van der Waals surface area contributed by atoms with E-state index in [2.05, 4.69) is 45.7 Å². The number of anilines is 1. The summed E-state index contributed by atoms with van der Waals surface area (Å²) in [5, 5.41) is 3.75. The lowest BCUT2D eigenvalue weighted by atomic mass is 9.87. The van der Waals surface area contributed by atoms with Crippen molar-refractivity contribution in [2.45, 2.75) is 39.4 Å². The third-order valence-corrected chi connectivity index (χ3v) is 8.59. The summed E-state index contributed by atoms with van der Waals surface area (Å²) in [5.41, 5.74) is 5.14. The van der Waals surface area contributed by atoms with Gasteiger partial charge in [0.05, 0.1) is 30.9 Å². The van der Waals surface area contributed by atoms with Gasteiger partial charge in [0, 0.05) is 74.2 Å². The summed E-state index contributed by atoms with van der Waals surface area (Å²) >= 11 is 0. The lowest BCUT2D eigenvalue weighted by Gasteiger charge is -2.34. The number of imidazole rings is 1. The Hall–Kier alpha value is -4.71. The molecular weight excluding hydrogens is 595 g/mol. The Labute approximate surface area is 265 Å². The van der Waals surface area contributed by atoms with Gasteiger partial charge in [-0.1, -0.05) is 13.0 Å². The van der Waals surface area contributed by atoms with Gasteiger partial charge in [-0.2, -0.15) is 18.3 Å². The third kappa shape index (κ3) is 5.84. The predicted octanol–water partition coefficient (Wildman–Crippen LogP) is 6.14. The summed E-state index contributed by atoms with van der Waals surface area (Å²) in [6, 6.07) is 7.71. The molecule has 6 rings (SSSR count). The zero-order chi connectivity index (χ0) is 32.6. The maximum Gasteiger partial charge on any atom is 0.435 e. The van der Waals surface area contributed by atoms with Crippen LogP contribution in [0.1, 0.15) is 52.2 Å². The fourth-order valence-electron chi connectivity index (χ4n) is 6.45. The Balaban J connectivity index is 1.47. The number of ether oxygens (including phenoxy) is 1. The van der Waals surface area contributed by atoms with Crippen LogP contribution in [0.2, 0.25) is 0 Å². The van der Waals surface area contributed by atoms with Gasteiger partial charge < -0.3 is 19.1 Å². The van der Waals surface area contributed by atoms with Crippen LogP contribution in [0, 0.1) is 0 Å². The quantitative estimate of drug-likeness (QED) is 0.218. The van der Waals surface area contributed by atoms with E-state index in [1.54, 1.807) is 35.8 Å². The van der Waals surface area contributed by atoms with Gasteiger partial charge in [-0.05, 0) is 73.0 Å². The minimum Gasteiger partial charge on any atom is -0.378 e. The van der Waals surface area contributed by atoms with Gasteiger partial charge in [0.25, 0.3) is 5.91 Å². The predicted molar refractivity (Wildman–Crippen MR) is 171 cm³/mol. The second-order valence-corrected chi connectivity index (χ2v) is 11.5. The Morgan fingerprint density at radius 1 is 1.09 bits per heavy atom. The summed E-state index contributed by atoms with van der Waals surface area (Å²) in [7, 11) is 1.46. The molecule has 1 amide bonds. The van der Waals surface area contributed by atoms with E-state index < -0.39 is 11.9 Å². The SMILES string of the molecule is C=Nc1c(/C(=C\C)N2CCc3c(cc(Cn4ccnc4)cc3-c3cn(C)nc3C(F)(F)F)C2=O)cc(CC)cc1N1CCOCC1. The van der Waals surface area contributed by atoms with E-state index in [1.807, 2.05) is 17.6 Å². The maximum atomic E-state index is 14.5. The highest BCUT2D eigenvalue weighted by atomic mass is 19.4. The number of alkyl halides is 3. The van der Waals surface area contributed by atoms with Crippen molar-refractivity contribution in [1.29, 1.82) is 0 Å². The monoisotopic (exact) mass is 631 g/mol. The molecule has 1 saturated heterocycles. The normalized spacial score (nSPS) is 15.8. The molecule has 0 bridgehead atoms. The van der Waals surface area contributed by atoms with E-state index >= 15 is 0 Å². The molecule has 0 saturated carbocycles. The van der Waals surface area contributed by atoms with Crippen molar-refractivity contribution in [1.82, 2.24) is 24.2 Å². The van der Waals surface area contributed by atoms with E-state index in [0.717, 1.165) is 23.2 Å². The first kappa shape index (κ1) is 31.3. The van der Waals surface area contributed by atoms with Crippen molar-refractivity contribution < 1.29 is 22.7 Å². The molecule has 4 aromatic rings. The Morgan fingerprint density at radius 3 is 2.50 bits per heavy atom. The van der Waals surface area contributed by atoms with Crippen LogP contribution in [0.3, 0.4) is 0 Å². The smallest absolute Gasteiger partial charge is 0.378 e. The van der Waals surface area contributed by atoms with Crippen LogP contribution in [0.25, 0.3) is 16.8 Å². The first-order valence-electron chi connectivity index (χ1n) is 15.3. The number of carbonyl (C=O) groups excluding carboxylic acids is 1. The van der Waals surface area contributed by atoms with E-state index in [9.17, 15) is 18.0 Å². The number of halogens is 3. The molecule has 240 valence electrons. The zero-order valence-corrected chi connectivity index (χ0v) is 26.1. The highest BCUT2D eigenvalue weighted by Gasteiger charge is 2.39. The number of amides is 1. The number of allylic oxidation sites excluding steroid dienone is 1. The average Bonchev–Trinajstić information content (AvgIpc) is 3.72. The van der Waals surface area contributed by atoms with Crippen molar-refractivity contribution in [2.75, 3.05) is 37.7 Å². The summed E-state index contributed by atoms with van der Waals surface area (Å²) < 4.78 is 51.1. The molecule has 0 atom stereocenters. The molecule has 0 spiro atoms. The molecular formula is C34H36F3N7O2. The molecule has 2 aromatic heterocycles. The van der Waals surface area contributed by atoms with Crippen molar-refractivity contribution in [3.8, 4) is 11.1 Å². The van der Waals surface area contributed by atoms with Gasteiger partial charge in [0.1, 0.15) is 0 Å². The fraction of sp³-hybridized carbons (Fsp3) is 0.353. The van der Waals surface area contributed by atoms with Crippen molar-refractivity contribution >= 4 is 29.7 Å². The number of hydrogen-bond donors (Lipinski definition) is 0. The summed E-state index contributed by atoms with van der Waals surface area (Å²) in [5.74, 6) is -0.287. The van der Waals surface area contributed by atoms with E-state index in [0.29, 0.717) is 72.9 Å². The number of aromatic nitrogens is 4. The van der Waals surface area contributed by atoms with Gasteiger partial charge in [0.15, 0.2) is 5.69 Å². The number of aryl methyl sites for hydroxylation is 2.